The van der Waals surface area contributed by atoms with Gasteiger partial charge in [0.05, 0.1) is 0 Å². The first kappa shape index (κ1) is 41.8. The molecule has 0 fully saturated rings. The summed E-state index contributed by atoms with van der Waals surface area (Å²) in [5.41, 5.74) is 0. The minimum absolute atomic E-state index is 0.328. The van der Waals surface area contributed by atoms with Gasteiger partial charge in [0.1, 0.15) is 13.6 Å². The molecule has 0 saturated heterocycles. The number of rotatable bonds is 36. The molecule has 0 aromatic heterocycles. The van der Waals surface area contributed by atoms with Crippen molar-refractivity contribution in [1.29, 1.82) is 0 Å². The lowest BCUT2D eigenvalue weighted by Crippen LogP contribution is -2.06. The van der Waals surface area contributed by atoms with Crippen molar-refractivity contribution < 1.29 is 14.2 Å². The third-order valence-electron chi connectivity index (χ3n) is 7.75. The summed E-state index contributed by atoms with van der Waals surface area (Å²) < 4.78 is 16.5. The molecule has 0 aromatic rings. The Labute approximate surface area is 270 Å². The normalized spacial score (nSPS) is 12.3. The molecular weight excluding hydrogens is 528 g/mol. The molecule has 0 bridgehead atoms. The average molecular weight is 603 g/mol. The number of ether oxygens (including phenoxy) is 3. The first-order valence-corrected chi connectivity index (χ1v) is 18.7. The molecule has 0 atom stereocenters. The van der Waals surface area contributed by atoms with E-state index in [1.165, 1.54) is 141 Å². The fourth-order valence-corrected chi connectivity index (χ4v) is 4.93. The maximum absolute atomic E-state index is 5.54. The van der Waals surface area contributed by atoms with E-state index in [0.717, 1.165) is 38.9 Å². The maximum atomic E-state index is 5.54. The Bertz CT molecular complexity index is 555. The zero-order valence-corrected chi connectivity index (χ0v) is 29.1. The molecule has 0 heterocycles. The van der Waals surface area contributed by atoms with Gasteiger partial charge in [0.25, 0.3) is 0 Å². The predicted molar refractivity (Wildman–Crippen MR) is 191 cm³/mol. The number of unbranched alkanes of at least 4 members (excludes halogenated alkanes) is 20. The van der Waals surface area contributed by atoms with Gasteiger partial charge in [-0.15, -0.1) is 0 Å². The van der Waals surface area contributed by atoms with Crippen molar-refractivity contribution in [3.63, 3.8) is 0 Å². The smallest absolute Gasteiger partial charge is 0.149 e. The van der Waals surface area contributed by atoms with Gasteiger partial charge in [0.2, 0.25) is 0 Å². The van der Waals surface area contributed by atoms with Crippen molar-refractivity contribution in [2.45, 2.75) is 181 Å². The lowest BCUT2D eigenvalue weighted by molar-refractivity contribution is -0.131. The fraction of sp³-hybridized carbons (Fsp3) is 0.800. The first-order chi connectivity index (χ1) is 21.4. The van der Waals surface area contributed by atoms with Crippen molar-refractivity contribution in [2.75, 3.05) is 26.8 Å². The minimum Gasteiger partial charge on any atom is -0.355 e. The Morgan fingerprint density at radius 2 is 0.535 bits per heavy atom. The Balaban J connectivity index is 3.17. The Hall–Kier alpha value is -1.16. The SMILES string of the molecule is CCCCC=CCCCCCCCCC=CCCCOCOCOCCCC=CCCCCCCCCC=CCCCC. The molecule has 43 heavy (non-hydrogen) atoms. The zero-order valence-electron chi connectivity index (χ0n) is 29.1. The molecule has 3 heteroatoms. The number of hydrogen-bond acceptors (Lipinski definition) is 3. The molecule has 0 saturated carbocycles. The first-order valence-electron chi connectivity index (χ1n) is 18.7. The van der Waals surface area contributed by atoms with Crippen LogP contribution in [0.2, 0.25) is 0 Å². The van der Waals surface area contributed by atoms with Gasteiger partial charge in [-0.05, 0) is 89.9 Å². The Morgan fingerprint density at radius 3 is 0.837 bits per heavy atom. The summed E-state index contributed by atoms with van der Waals surface area (Å²) in [5, 5.41) is 0. The minimum atomic E-state index is 0.328. The van der Waals surface area contributed by atoms with E-state index in [1.807, 2.05) is 0 Å². The van der Waals surface area contributed by atoms with Gasteiger partial charge >= 0.3 is 0 Å². The van der Waals surface area contributed by atoms with Crippen molar-refractivity contribution in [2.24, 2.45) is 0 Å². The van der Waals surface area contributed by atoms with Crippen molar-refractivity contribution >= 4 is 0 Å². The van der Waals surface area contributed by atoms with E-state index < -0.39 is 0 Å². The Kier molecular flexibility index (Phi) is 39.7. The number of allylic oxidation sites excluding steroid dienone is 8. The highest BCUT2D eigenvalue weighted by molar-refractivity contribution is 4.83. The van der Waals surface area contributed by atoms with Crippen molar-refractivity contribution in [3.8, 4) is 0 Å². The second-order valence-corrected chi connectivity index (χ2v) is 12.1. The van der Waals surface area contributed by atoms with Crippen LogP contribution in [0.5, 0.6) is 0 Å². The van der Waals surface area contributed by atoms with Crippen molar-refractivity contribution in [3.05, 3.63) is 48.6 Å². The molecule has 0 spiro atoms. The zero-order chi connectivity index (χ0) is 31.0. The van der Waals surface area contributed by atoms with E-state index in [-0.39, 0.29) is 0 Å². The second-order valence-electron chi connectivity index (χ2n) is 12.1. The molecule has 0 radical (unpaired) electrons. The highest BCUT2D eigenvalue weighted by atomic mass is 16.7. The molecule has 0 aliphatic heterocycles. The quantitative estimate of drug-likeness (QED) is 0.0405. The summed E-state index contributed by atoms with van der Waals surface area (Å²) in [4.78, 5) is 0. The van der Waals surface area contributed by atoms with E-state index >= 15 is 0 Å². The topological polar surface area (TPSA) is 27.7 Å². The molecule has 0 aliphatic rings. The molecule has 0 aromatic carbocycles. The van der Waals surface area contributed by atoms with Crippen LogP contribution in [0.25, 0.3) is 0 Å². The van der Waals surface area contributed by atoms with E-state index in [2.05, 4.69) is 62.5 Å². The van der Waals surface area contributed by atoms with Crippen LogP contribution in [-0.4, -0.2) is 26.8 Å². The van der Waals surface area contributed by atoms with Gasteiger partial charge in [-0.3, -0.25) is 0 Å². The van der Waals surface area contributed by atoms with Crippen LogP contribution in [0.1, 0.15) is 181 Å². The van der Waals surface area contributed by atoms with E-state index in [1.54, 1.807) is 0 Å². The van der Waals surface area contributed by atoms with Crippen LogP contribution in [0, 0.1) is 0 Å². The summed E-state index contributed by atoms with van der Waals surface area (Å²) in [5.74, 6) is 0. The third kappa shape index (κ3) is 40.8. The van der Waals surface area contributed by atoms with Crippen LogP contribution in [-0.2, 0) is 14.2 Å². The number of hydrogen-bond donors (Lipinski definition) is 0. The average Bonchev–Trinajstić information content (AvgIpc) is 3.02. The highest BCUT2D eigenvalue weighted by Gasteiger charge is 1.93. The van der Waals surface area contributed by atoms with Crippen LogP contribution in [0.3, 0.4) is 0 Å². The van der Waals surface area contributed by atoms with E-state index in [9.17, 15) is 0 Å². The summed E-state index contributed by atoms with van der Waals surface area (Å²) in [6, 6.07) is 0. The van der Waals surface area contributed by atoms with Gasteiger partial charge in [0.15, 0.2) is 0 Å². The molecule has 0 rings (SSSR count). The molecule has 0 aliphatic carbocycles. The summed E-state index contributed by atoms with van der Waals surface area (Å²) >= 11 is 0. The lowest BCUT2D eigenvalue weighted by atomic mass is 10.1. The van der Waals surface area contributed by atoms with E-state index in [4.69, 9.17) is 14.2 Å². The van der Waals surface area contributed by atoms with Gasteiger partial charge in [-0.25, -0.2) is 0 Å². The van der Waals surface area contributed by atoms with Gasteiger partial charge in [-0.2, -0.15) is 0 Å². The maximum Gasteiger partial charge on any atom is 0.149 e. The van der Waals surface area contributed by atoms with Gasteiger partial charge < -0.3 is 14.2 Å². The largest absolute Gasteiger partial charge is 0.355 e. The van der Waals surface area contributed by atoms with Crippen molar-refractivity contribution in [1.82, 2.24) is 0 Å². The molecule has 252 valence electrons. The molecular formula is C40H74O3. The van der Waals surface area contributed by atoms with Crippen LogP contribution in [0.4, 0.5) is 0 Å². The highest BCUT2D eigenvalue weighted by Crippen LogP contribution is 2.11. The fourth-order valence-electron chi connectivity index (χ4n) is 4.93. The predicted octanol–water partition coefficient (Wildman–Crippen LogP) is 13.4. The summed E-state index contributed by atoms with van der Waals surface area (Å²) in [6.45, 7) is 6.67. The summed E-state index contributed by atoms with van der Waals surface area (Å²) in [6.07, 6.45) is 52.3. The van der Waals surface area contributed by atoms with Crippen LogP contribution in [0.15, 0.2) is 48.6 Å². The molecule has 0 unspecified atom stereocenters. The van der Waals surface area contributed by atoms with E-state index in [0.29, 0.717) is 13.6 Å². The second kappa shape index (κ2) is 40.8. The van der Waals surface area contributed by atoms with Crippen LogP contribution >= 0.6 is 0 Å². The monoisotopic (exact) mass is 603 g/mol. The molecule has 0 N–H and O–H groups in total. The van der Waals surface area contributed by atoms with Gasteiger partial charge in [0, 0.05) is 13.2 Å². The molecule has 3 nitrogen and oxygen atoms in total. The third-order valence-corrected chi connectivity index (χ3v) is 7.75. The van der Waals surface area contributed by atoms with Gasteiger partial charge in [-0.1, -0.05) is 140 Å². The Morgan fingerprint density at radius 1 is 0.279 bits per heavy atom. The standard InChI is InChI=1S/C40H74O3/c1-3-5-7-9-11-13-15-17-19-21-23-25-27-29-31-33-35-37-41-39-43-40-42-38-36-34-32-30-28-26-24-22-20-18-16-14-12-10-8-6-4-2/h9-12,29-32H,3-8,13-28,33-40H2,1-2H3. The molecule has 0 amide bonds. The van der Waals surface area contributed by atoms with Crippen LogP contribution < -0.4 is 0 Å². The lowest BCUT2D eigenvalue weighted by Gasteiger charge is -2.06. The summed E-state index contributed by atoms with van der Waals surface area (Å²) in [7, 11) is 0.